The van der Waals surface area contributed by atoms with Gasteiger partial charge in [-0.3, -0.25) is 4.79 Å². The van der Waals surface area contributed by atoms with Crippen LogP contribution in [0.2, 0.25) is 0 Å². The van der Waals surface area contributed by atoms with E-state index in [1.807, 2.05) is 0 Å². The van der Waals surface area contributed by atoms with E-state index in [4.69, 9.17) is 4.84 Å². The molecule has 2 rings (SSSR count). The first-order chi connectivity index (χ1) is 13.4. The summed E-state index contributed by atoms with van der Waals surface area (Å²) in [6.45, 7) is -0.471. The van der Waals surface area contributed by atoms with Gasteiger partial charge in [-0.15, -0.1) is 0 Å². The zero-order chi connectivity index (χ0) is 20.5. The molecule has 0 saturated heterocycles. The maximum Gasteiger partial charge on any atom is 0.337 e. The predicted octanol–water partition coefficient (Wildman–Crippen LogP) is 2.39. The Bertz CT molecular complexity index is 879. The fraction of sp³-hybridized carbons (Fsp3) is 0.158. The number of hydrogen-bond donors (Lipinski definition) is 1. The summed E-state index contributed by atoms with van der Waals surface area (Å²) in [7, 11) is 2.37. The largest absolute Gasteiger partial charge is 0.465 e. The minimum Gasteiger partial charge on any atom is -0.465 e. The maximum atomic E-state index is 13.4. The van der Waals surface area contributed by atoms with Gasteiger partial charge >= 0.3 is 11.9 Å². The van der Waals surface area contributed by atoms with Crippen LogP contribution in [0, 0.1) is 5.82 Å². The topological polar surface area (TPSA) is 103 Å². The highest BCUT2D eigenvalue weighted by Crippen LogP contribution is 2.17. The van der Waals surface area contributed by atoms with Crippen LogP contribution in [0.15, 0.2) is 47.6 Å². The van der Waals surface area contributed by atoms with Gasteiger partial charge in [0.25, 0.3) is 5.91 Å². The highest BCUT2D eigenvalue weighted by atomic mass is 19.1. The van der Waals surface area contributed by atoms with Gasteiger partial charge in [0.05, 0.1) is 31.6 Å². The van der Waals surface area contributed by atoms with Crippen LogP contribution in [0.25, 0.3) is 0 Å². The second-order valence-electron chi connectivity index (χ2n) is 5.36. The zero-order valence-electron chi connectivity index (χ0n) is 15.1. The lowest BCUT2D eigenvalue weighted by atomic mass is 10.1. The Kier molecular flexibility index (Phi) is 7.21. The fourth-order valence-corrected chi connectivity index (χ4v) is 2.14. The van der Waals surface area contributed by atoms with Crippen molar-refractivity contribution in [2.75, 3.05) is 26.1 Å². The molecule has 0 fully saturated rings. The third-order valence-corrected chi connectivity index (χ3v) is 3.43. The predicted molar refractivity (Wildman–Crippen MR) is 97.7 cm³/mol. The van der Waals surface area contributed by atoms with Crippen molar-refractivity contribution in [2.45, 2.75) is 0 Å². The van der Waals surface area contributed by atoms with Crippen LogP contribution in [0.1, 0.15) is 26.3 Å². The molecule has 0 bridgehead atoms. The average molecular weight is 388 g/mol. The summed E-state index contributed by atoms with van der Waals surface area (Å²) >= 11 is 0. The SMILES string of the molecule is COC(=O)c1cc(NC(=O)CO/N=C\c2ccccc2F)cc(C(=O)OC)c1. The number of hydrogen-bond acceptors (Lipinski definition) is 7. The van der Waals surface area contributed by atoms with Gasteiger partial charge < -0.3 is 19.6 Å². The van der Waals surface area contributed by atoms with E-state index in [0.29, 0.717) is 0 Å². The van der Waals surface area contributed by atoms with Gasteiger partial charge in [-0.05, 0) is 24.3 Å². The lowest BCUT2D eigenvalue weighted by Gasteiger charge is -2.09. The molecule has 1 amide bonds. The van der Waals surface area contributed by atoms with Crippen LogP contribution in [-0.2, 0) is 19.1 Å². The van der Waals surface area contributed by atoms with Crippen molar-refractivity contribution in [1.82, 2.24) is 0 Å². The van der Waals surface area contributed by atoms with Crippen molar-refractivity contribution in [3.63, 3.8) is 0 Å². The van der Waals surface area contributed by atoms with E-state index in [9.17, 15) is 18.8 Å². The summed E-state index contributed by atoms with van der Waals surface area (Å²) in [6.07, 6.45) is 1.13. The van der Waals surface area contributed by atoms with Crippen molar-refractivity contribution >= 4 is 29.7 Å². The van der Waals surface area contributed by atoms with E-state index in [1.165, 1.54) is 50.6 Å². The van der Waals surface area contributed by atoms with Gasteiger partial charge in [-0.25, -0.2) is 14.0 Å². The molecule has 146 valence electrons. The van der Waals surface area contributed by atoms with Crippen molar-refractivity contribution in [3.05, 3.63) is 65.0 Å². The molecule has 0 spiro atoms. The van der Waals surface area contributed by atoms with E-state index in [-0.39, 0.29) is 22.4 Å². The zero-order valence-corrected chi connectivity index (χ0v) is 15.1. The number of esters is 2. The number of rotatable bonds is 7. The number of carbonyl (C=O) groups is 3. The molecule has 0 heterocycles. The van der Waals surface area contributed by atoms with Gasteiger partial charge in [0, 0.05) is 11.3 Å². The smallest absolute Gasteiger partial charge is 0.337 e. The van der Waals surface area contributed by atoms with Gasteiger partial charge in [-0.2, -0.15) is 0 Å². The molecule has 1 N–H and O–H groups in total. The molecule has 0 aliphatic rings. The van der Waals surface area contributed by atoms with E-state index >= 15 is 0 Å². The van der Waals surface area contributed by atoms with Crippen molar-refractivity contribution < 1.29 is 33.1 Å². The lowest BCUT2D eigenvalue weighted by molar-refractivity contribution is -0.120. The maximum absolute atomic E-state index is 13.4. The number of methoxy groups -OCH3 is 2. The van der Waals surface area contributed by atoms with Crippen LogP contribution in [0.3, 0.4) is 0 Å². The van der Waals surface area contributed by atoms with Crippen LogP contribution in [0.4, 0.5) is 10.1 Å². The molecular weight excluding hydrogens is 371 g/mol. The average Bonchev–Trinajstić information content (AvgIpc) is 2.70. The number of halogens is 1. The molecule has 0 radical (unpaired) electrons. The number of benzene rings is 2. The quantitative estimate of drug-likeness (QED) is 0.444. The first kappa shape index (κ1) is 20.6. The first-order valence-electron chi connectivity index (χ1n) is 7.96. The fourth-order valence-electron chi connectivity index (χ4n) is 2.14. The molecule has 9 heteroatoms. The Morgan fingerprint density at radius 3 is 2.21 bits per heavy atom. The minimum atomic E-state index is -0.688. The third-order valence-electron chi connectivity index (χ3n) is 3.43. The highest BCUT2D eigenvalue weighted by molar-refractivity contribution is 5.99. The van der Waals surface area contributed by atoms with E-state index in [2.05, 4.69) is 19.9 Å². The van der Waals surface area contributed by atoms with Gasteiger partial charge in [-0.1, -0.05) is 23.4 Å². The molecule has 0 aliphatic heterocycles. The Morgan fingerprint density at radius 1 is 1.04 bits per heavy atom. The molecule has 2 aromatic carbocycles. The summed E-state index contributed by atoms with van der Waals surface area (Å²) in [5.74, 6) is -2.46. The number of carbonyl (C=O) groups excluding carboxylic acids is 3. The van der Waals surface area contributed by atoms with E-state index in [0.717, 1.165) is 6.21 Å². The van der Waals surface area contributed by atoms with Crippen molar-refractivity contribution in [3.8, 4) is 0 Å². The number of oxime groups is 1. The number of nitrogens with zero attached hydrogens (tertiary/aromatic N) is 1. The van der Waals surface area contributed by atoms with Crippen molar-refractivity contribution in [1.29, 1.82) is 0 Å². The van der Waals surface area contributed by atoms with Gasteiger partial charge in [0.1, 0.15) is 5.82 Å². The van der Waals surface area contributed by atoms with E-state index < -0.39 is 30.3 Å². The Labute approximate surface area is 159 Å². The third kappa shape index (κ3) is 5.63. The molecule has 0 unspecified atom stereocenters. The summed E-state index contributed by atoms with van der Waals surface area (Å²) in [5.41, 5.74) is 0.477. The summed E-state index contributed by atoms with van der Waals surface area (Å²) < 4.78 is 22.7. The Balaban J connectivity index is 2.03. The normalized spacial score (nSPS) is 10.4. The second-order valence-corrected chi connectivity index (χ2v) is 5.36. The van der Waals surface area contributed by atoms with Crippen LogP contribution in [0.5, 0.6) is 0 Å². The molecular formula is C19H17FN2O6. The number of nitrogens with one attached hydrogen (secondary N) is 1. The van der Waals surface area contributed by atoms with Crippen LogP contribution < -0.4 is 5.32 Å². The van der Waals surface area contributed by atoms with E-state index in [1.54, 1.807) is 6.07 Å². The second kappa shape index (κ2) is 9.81. The molecule has 0 atom stereocenters. The van der Waals surface area contributed by atoms with Gasteiger partial charge in [0.2, 0.25) is 0 Å². The minimum absolute atomic E-state index is 0.0548. The molecule has 2 aromatic rings. The molecule has 0 saturated carbocycles. The van der Waals surface area contributed by atoms with Crippen LogP contribution >= 0.6 is 0 Å². The summed E-state index contributed by atoms with van der Waals surface area (Å²) in [6, 6.07) is 9.87. The number of amides is 1. The standard InChI is InChI=1S/C19H17FN2O6/c1-26-18(24)13-7-14(19(25)27-2)9-15(8-13)22-17(23)11-28-21-10-12-5-3-4-6-16(12)20/h3-10H,11H2,1-2H3,(H,22,23)/b21-10-. The lowest BCUT2D eigenvalue weighted by Crippen LogP contribution is -2.18. The summed E-state index contributed by atoms with van der Waals surface area (Å²) in [5, 5.41) is 5.99. The summed E-state index contributed by atoms with van der Waals surface area (Å²) in [4.78, 5) is 40.3. The Morgan fingerprint density at radius 2 is 1.64 bits per heavy atom. The van der Waals surface area contributed by atoms with Crippen LogP contribution in [-0.4, -0.2) is 44.9 Å². The molecule has 0 aromatic heterocycles. The van der Waals surface area contributed by atoms with Gasteiger partial charge in [0.15, 0.2) is 6.61 Å². The molecule has 8 nitrogen and oxygen atoms in total. The van der Waals surface area contributed by atoms with Crippen molar-refractivity contribution in [2.24, 2.45) is 5.16 Å². The molecule has 0 aliphatic carbocycles. The highest BCUT2D eigenvalue weighted by Gasteiger charge is 2.15. The molecule has 28 heavy (non-hydrogen) atoms. The monoisotopic (exact) mass is 388 g/mol. The Hall–Kier alpha value is -3.75. The number of anilines is 1. The number of ether oxygens (including phenoxy) is 2. The first-order valence-corrected chi connectivity index (χ1v) is 7.96.